The summed E-state index contributed by atoms with van der Waals surface area (Å²) in [6.07, 6.45) is 1.58. The number of Topliss-reactive ketones (excluding diaryl/α,β-unsaturated/α-hetero) is 1. The van der Waals surface area contributed by atoms with Gasteiger partial charge in [-0.05, 0) is 66.9 Å². The molecule has 0 saturated carbocycles. The van der Waals surface area contributed by atoms with Crippen LogP contribution in [0.5, 0.6) is 11.5 Å². The van der Waals surface area contributed by atoms with Crippen LogP contribution in [0.3, 0.4) is 0 Å². The minimum Gasteiger partial charge on any atom is -0.495 e. The van der Waals surface area contributed by atoms with Gasteiger partial charge in [-0.3, -0.25) is 4.79 Å². The zero-order valence-corrected chi connectivity index (χ0v) is 22.6. The normalized spacial score (nSPS) is 14.9. The van der Waals surface area contributed by atoms with Gasteiger partial charge in [-0.15, -0.1) is 0 Å². The molecule has 40 heavy (non-hydrogen) atoms. The van der Waals surface area contributed by atoms with E-state index in [1.54, 1.807) is 54.6 Å². The second-order valence-corrected chi connectivity index (χ2v) is 9.54. The number of anilines is 2. The maximum absolute atomic E-state index is 12.7. The maximum atomic E-state index is 12.7. The van der Waals surface area contributed by atoms with Gasteiger partial charge in [0.15, 0.2) is 5.78 Å². The highest BCUT2D eigenvalue weighted by Gasteiger charge is 2.26. The van der Waals surface area contributed by atoms with Crippen molar-refractivity contribution < 1.29 is 33.7 Å². The lowest BCUT2D eigenvalue weighted by atomic mass is 10.1. The maximum Gasteiger partial charge on any atom is 0.335 e. The van der Waals surface area contributed by atoms with Crippen LogP contribution in [0.1, 0.15) is 28.8 Å². The Labute approximate surface area is 236 Å². The second kappa shape index (κ2) is 13.8. The average Bonchev–Trinajstić information content (AvgIpc) is 3.40. The number of halogens is 1. The van der Waals surface area contributed by atoms with Crippen LogP contribution in [0.4, 0.5) is 16.2 Å². The second-order valence-electron chi connectivity index (χ2n) is 9.13. The van der Waals surface area contributed by atoms with Crippen LogP contribution in [0.25, 0.3) is 0 Å². The van der Waals surface area contributed by atoms with Gasteiger partial charge in [0.25, 0.3) is 0 Å². The lowest BCUT2D eigenvalue weighted by Crippen LogP contribution is -2.36. The number of carboxylic acid groups (broad SMARTS) is 1. The number of benzene rings is 3. The van der Waals surface area contributed by atoms with Crippen molar-refractivity contribution in [2.75, 3.05) is 37.6 Å². The smallest absolute Gasteiger partial charge is 0.335 e. The van der Waals surface area contributed by atoms with Crippen LogP contribution in [0, 0.1) is 0 Å². The van der Waals surface area contributed by atoms with Crippen molar-refractivity contribution >= 4 is 40.8 Å². The van der Waals surface area contributed by atoms with E-state index in [0.717, 1.165) is 24.9 Å². The highest BCUT2D eigenvalue weighted by atomic mass is 35.5. The number of ether oxygens (including phenoxy) is 3. The van der Waals surface area contributed by atoms with Crippen LogP contribution in [0.2, 0.25) is 5.02 Å². The Morgan fingerprint density at radius 3 is 2.50 bits per heavy atom. The molecule has 2 amide bonds. The van der Waals surface area contributed by atoms with Gasteiger partial charge in [-0.1, -0.05) is 29.8 Å². The zero-order valence-electron chi connectivity index (χ0n) is 21.9. The topological polar surface area (TPSA) is 126 Å². The van der Waals surface area contributed by atoms with Gasteiger partial charge in [-0.25, -0.2) is 14.5 Å². The molecule has 10 nitrogen and oxygen atoms in total. The minimum atomic E-state index is -0.993. The zero-order chi connectivity index (χ0) is 28.5. The van der Waals surface area contributed by atoms with E-state index >= 15 is 0 Å². The van der Waals surface area contributed by atoms with E-state index in [2.05, 4.69) is 10.6 Å². The standard InChI is InChI=1S/C29H30ClN3O7/c1-38-26-16-19(8-13-25(26)32-29(37)31-24-6-3-2-5-23(24)30)15-21(34)17-39-27-7-4-14-33(27)18-40-22-11-9-20(10-12-22)28(35)36/h2-3,5-6,8-13,16,27H,4,7,14-15,17-18H2,1H3,(H,35,36)(H2,31,32,37). The van der Waals surface area contributed by atoms with Crippen molar-refractivity contribution in [1.82, 2.24) is 4.90 Å². The molecule has 1 fully saturated rings. The number of para-hydroxylation sites is 1. The molecule has 11 heteroatoms. The number of nitrogens with zero attached hydrogens (tertiary/aromatic N) is 1. The van der Waals surface area contributed by atoms with Crippen molar-refractivity contribution in [2.24, 2.45) is 0 Å². The summed E-state index contributed by atoms with van der Waals surface area (Å²) in [6, 6.07) is 17.7. The summed E-state index contributed by atoms with van der Waals surface area (Å²) in [5.74, 6) is -0.125. The Kier molecular flexibility index (Phi) is 9.96. The molecule has 3 aromatic rings. The van der Waals surface area contributed by atoms with Crippen molar-refractivity contribution in [3.8, 4) is 11.5 Å². The first kappa shape index (κ1) is 28.9. The van der Waals surface area contributed by atoms with Gasteiger partial charge in [0.05, 0.1) is 29.1 Å². The third-order valence-electron chi connectivity index (χ3n) is 6.28. The van der Waals surface area contributed by atoms with Gasteiger partial charge >= 0.3 is 12.0 Å². The van der Waals surface area contributed by atoms with E-state index in [1.165, 1.54) is 19.2 Å². The molecule has 1 unspecified atom stereocenters. The fourth-order valence-electron chi connectivity index (χ4n) is 4.24. The molecule has 1 atom stereocenters. The predicted octanol–water partition coefficient (Wildman–Crippen LogP) is 5.28. The monoisotopic (exact) mass is 567 g/mol. The number of carboxylic acids is 1. The van der Waals surface area contributed by atoms with Gasteiger partial charge < -0.3 is 30.0 Å². The fraction of sp³-hybridized carbons (Fsp3) is 0.276. The third-order valence-corrected chi connectivity index (χ3v) is 6.61. The van der Waals surface area contributed by atoms with E-state index in [-0.39, 0.29) is 37.3 Å². The number of methoxy groups -OCH3 is 1. The molecule has 1 heterocycles. The number of likely N-dealkylation sites (tertiary alicyclic amines) is 1. The number of urea groups is 1. The lowest BCUT2D eigenvalue weighted by molar-refractivity contribution is -0.130. The number of hydrogen-bond donors (Lipinski definition) is 3. The van der Waals surface area contributed by atoms with E-state index in [1.807, 2.05) is 4.90 Å². The summed E-state index contributed by atoms with van der Waals surface area (Å²) >= 11 is 6.09. The molecule has 1 aliphatic rings. The Hall–Kier alpha value is -4.12. The van der Waals surface area contributed by atoms with Crippen molar-refractivity contribution in [3.05, 3.63) is 82.9 Å². The first-order valence-electron chi connectivity index (χ1n) is 12.7. The molecule has 210 valence electrons. The van der Waals surface area contributed by atoms with Gasteiger partial charge in [0.2, 0.25) is 0 Å². The van der Waals surface area contributed by atoms with E-state index < -0.39 is 12.0 Å². The molecular formula is C29H30ClN3O7. The Morgan fingerprint density at radius 1 is 1.02 bits per heavy atom. The number of amides is 2. The van der Waals surface area contributed by atoms with Crippen LogP contribution in [-0.4, -0.2) is 61.0 Å². The van der Waals surface area contributed by atoms with E-state index in [9.17, 15) is 14.4 Å². The molecule has 1 saturated heterocycles. The quantitative estimate of drug-likeness (QED) is 0.270. The predicted molar refractivity (Wildman–Crippen MR) is 150 cm³/mol. The molecule has 4 rings (SSSR count). The van der Waals surface area contributed by atoms with Crippen molar-refractivity contribution in [3.63, 3.8) is 0 Å². The average molecular weight is 568 g/mol. The van der Waals surface area contributed by atoms with Gasteiger partial charge in [-0.2, -0.15) is 0 Å². The van der Waals surface area contributed by atoms with Crippen molar-refractivity contribution in [1.29, 1.82) is 0 Å². The van der Waals surface area contributed by atoms with Crippen LogP contribution in [-0.2, 0) is 16.0 Å². The van der Waals surface area contributed by atoms with Gasteiger partial charge in [0.1, 0.15) is 31.1 Å². The number of aromatic carboxylic acids is 1. The molecule has 0 radical (unpaired) electrons. The summed E-state index contributed by atoms with van der Waals surface area (Å²) in [7, 11) is 1.48. The Balaban J connectivity index is 1.25. The summed E-state index contributed by atoms with van der Waals surface area (Å²) in [4.78, 5) is 38.1. The molecule has 1 aliphatic heterocycles. The number of hydrogen-bond acceptors (Lipinski definition) is 7. The first-order valence-corrected chi connectivity index (χ1v) is 13.0. The summed E-state index contributed by atoms with van der Waals surface area (Å²) in [5.41, 5.74) is 1.83. The molecular weight excluding hydrogens is 538 g/mol. The Bertz CT molecular complexity index is 1350. The highest BCUT2D eigenvalue weighted by molar-refractivity contribution is 6.33. The Morgan fingerprint density at radius 2 is 1.77 bits per heavy atom. The fourth-order valence-corrected chi connectivity index (χ4v) is 4.42. The van der Waals surface area contributed by atoms with E-state index in [4.69, 9.17) is 30.9 Å². The number of rotatable bonds is 12. The molecule has 0 bridgehead atoms. The third kappa shape index (κ3) is 7.95. The first-order chi connectivity index (χ1) is 19.3. The van der Waals surface area contributed by atoms with Crippen molar-refractivity contribution in [2.45, 2.75) is 25.5 Å². The largest absolute Gasteiger partial charge is 0.495 e. The molecule has 0 aliphatic carbocycles. The van der Waals surface area contributed by atoms with Crippen LogP contribution in [0.15, 0.2) is 66.7 Å². The molecule has 0 spiro atoms. The molecule has 0 aromatic heterocycles. The van der Waals surface area contributed by atoms with Crippen LogP contribution < -0.4 is 20.1 Å². The molecule has 3 aromatic carbocycles. The highest BCUT2D eigenvalue weighted by Crippen LogP contribution is 2.27. The number of ketones is 1. The number of carbonyl (C=O) groups excluding carboxylic acids is 2. The summed E-state index contributed by atoms with van der Waals surface area (Å²) < 4.78 is 17.1. The van der Waals surface area contributed by atoms with Gasteiger partial charge in [0, 0.05) is 13.0 Å². The number of nitrogens with one attached hydrogen (secondary N) is 2. The van der Waals surface area contributed by atoms with E-state index in [0.29, 0.717) is 27.9 Å². The molecule has 3 N–H and O–H groups in total. The number of carbonyl (C=O) groups is 3. The summed E-state index contributed by atoms with van der Waals surface area (Å²) in [5, 5.41) is 14.8. The summed E-state index contributed by atoms with van der Waals surface area (Å²) in [6.45, 7) is 0.972. The van der Waals surface area contributed by atoms with Crippen LogP contribution >= 0.6 is 11.6 Å². The lowest BCUT2D eigenvalue weighted by Gasteiger charge is -2.24. The SMILES string of the molecule is COc1cc(CC(=O)COC2CCCN2COc2ccc(C(=O)O)cc2)ccc1NC(=O)Nc1ccccc1Cl. The minimum absolute atomic E-state index is 0.0585.